The first-order chi connectivity index (χ1) is 7.72. The van der Waals surface area contributed by atoms with Crippen molar-refractivity contribution in [3.05, 3.63) is 0 Å². The molecule has 1 amide bonds. The smallest absolute Gasteiger partial charge is 0.411 e. The molecule has 0 aromatic heterocycles. The van der Waals surface area contributed by atoms with Crippen LogP contribution in [0.25, 0.3) is 0 Å². The molecule has 0 N–H and O–H groups in total. The first-order valence-electron chi connectivity index (χ1n) is 6.07. The number of rotatable bonds is 1. The highest BCUT2D eigenvalue weighted by atomic mass is 16.6. The summed E-state index contributed by atoms with van der Waals surface area (Å²) in [7, 11) is 0. The summed E-state index contributed by atoms with van der Waals surface area (Å²) in [5, 5.41) is 0. The summed E-state index contributed by atoms with van der Waals surface area (Å²) < 4.78 is 5.15. The van der Waals surface area contributed by atoms with Crippen molar-refractivity contribution >= 4 is 6.09 Å². The molecule has 3 heteroatoms. The normalized spacial score (nSPS) is 31.9. The maximum absolute atomic E-state index is 11.9. The highest BCUT2D eigenvalue weighted by Crippen LogP contribution is 2.38. The SMILES string of the molecule is CC#CCOC(=O)N1C2CCC1CC(C)C2. The number of carbonyl (C=O) groups excluding carboxylic acids is 1. The number of piperidine rings is 1. The fraction of sp³-hybridized carbons (Fsp3) is 0.769. The van der Waals surface area contributed by atoms with Crippen LogP contribution >= 0.6 is 0 Å². The highest BCUT2D eigenvalue weighted by molar-refractivity contribution is 5.69. The van der Waals surface area contributed by atoms with Crippen LogP contribution in [0, 0.1) is 17.8 Å². The van der Waals surface area contributed by atoms with Gasteiger partial charge in [-0.2, -0.15) is 0 Å². The summed E-state index contributed by atoms with van der Waals surface area (Å²) >= 11 is 0. The minimum Gasteiger partial charge on any atom is -0.436 e. The molecule has 2 fully saturated rings. The maximum atomic E-state index is 11.9. The number of hydrogen-bond donors (Lipinski definition) is 0. The summed E-state index contributed by atoms with van der Waals surface area (Å²) in [6.07, 6.45) is 4.38. The molecule has 16 heavy (non-hydrogen) atoms. The number of nitrogens with zero attached hydrogens (tertiary/aromatic N) is 1. The molecule has 2 bridgehead atoms. The van der Waals surface area contributed by atoms with E-state index in [9.17, 15) is 4.79 Å². The van der Waals surface area contributed by atoms with Crippen molar-refractivity contribution in [1.82, 2.24) is 4.90 Å². The Hall–Kier alpha value is -1.17. The Labute approximate surface area is 97.1 Å². The predicted molar refractivity (Wildman–Crippen MR) is 61.8 cm³/mol. The molecule has 0 aromatic carbocycles. The lowest BCUT2D eigenvalue weighted by atomic mass is 9.93. The van der Waals surface area contributed by atoms with Crippen LogP contribution < -0.4 is 0 Å². The molecule has 2 unspecified atom stereocenters. The van der Waals surface area contributed by atoms with Gasteiger partial charge in [0.2, 0.25) is 0 Å². The molecule has 2 aliphatic heterocycles. The molecular formula is C13H19NO2. The van der Waals surface area contributed by atoms with Crippen molar-refractivity contribution in [1.29, 1.82) is 0 Å². The lowest BCUT2D eigenvalue weighted by Gasteiger charge is -2.36. The van der Waals surface area contributed by atoms with Crippen molar-refractivity contribution in [2.45, 2.75) is 51.6 Å². The van der Waals surface area contributed by atoms with Crippen molar-refractivity contribution in [2.75, 3.05) is 6.61 Å². The average Bonchev–Trinajstić information content (AvgIpc) is 2.52. The predicted octanol–water partition coefficient (Wildman–Crippen LogP) is 2.41. The van der Waals surface area contributed by atoms with Gasteiger partial charge in [0.05, 0.1) is 0 Å². The zero-order valence-corrected chi connectivity index (χ0v) is 10.0. The summed E-state index contributed by atoms with van der Waals surface area (Å²) in [5.41, 5.74) is 0. The third-order valence-electron chi connectivity index (χ3n) is 3.62. The van der Waals surface area contributed by atoms with E-state index in [1.165, 1.54) is 0 Å². The largest absolute Gasteiger partial charge is 0.436 e. The van der Waals surface area contributed by atoms with E-state index in [2.05, 4.69) is 18.8 Å². The lowest BCUT2D eigenvalue weighted by Crippen LogP contribution is -2.46. The summed E-state index contributed by atoms with van der Waals surface area (Å²) in [6.45, 7) is 4.25. The van der Waals surface area contributed by atoms with Gasteiger partial charge in [-0.3, -0.25) is 0 Å². The Morgan fingerprint density at radius 1 is 1.38 bits per heavy atom. The van der Waals surface area contributed by atoms with E-state index in [4.69, 9.17) is 4.74 Å². The first kappa shape index (κ1) is 11.3. The van der Waals surface area contributed by atoms with Gasteiger partial charge in [-0.25, -0.2) is 4.79 Å². The lowest BCUT2D eigenvalue weighted by molar-refractivity contribution is 0.0674. The van der Waals surface area contributed by atoms with Gasteiger partial charge in [0, 0.05) is 12.1 Å². The molecule has 0 aromatic rings. The van der Waals surface area contributed by atoms with Crippen molar-refractivity contribution in [2.24, 2.45) is 5.92 Å². The summed E-state index contributed by atoms with van der Waals surface area (Å²) in [5.74, 6) is 6.23. The van der Waals surface area contributed by atoms with E-state index < -0.39 is 0 Å². The minimum atomic E-state index is -0.165. The highest BCUT2D eigenvalue weighted by Gasteiger charge is 2.42. The second-order valence-corrected chi connectivity index (χ2v) is 4.85. The molecule has 0 aliphatic carbocycles. The van der Waals surface area contributed by atoms with Crippen LogP contribution in [0.4, 0.5) is 4.79 Å². The number of hydrogen-bond acceptors (Lipinski definition) is 2. The van der Waals surface area contributed by atoms with Gasteiger partial charge in [0.15, 0.2) is 6.61 Å². The Bertz CT molecular complexity index is 315. The van der Waals surface area contributed by atoms with Crippen LogP contribution in [0.3, 0.4) is 0 Å². The van der Waals surface area contributed by atoms with Crippen LogP contribution in [0.5, 0.6) is 0 Å². The van der Waals surface area contributed by atoms with Crippen LogP contribution in [-0.4, -0.2) is 29.7 Å². The van der Waals surface area contributed by atoms with E-state index in [1.54, 1.807) is 6.92 Å². The van der Waals surface area contributed by atoms with Crippen LogP contribution in [0.1, 0.15) is 39.5 Å². The molecule has 2 aliphatic rings. The maximum Gasteiger partial charge on any atom is 0.411 e. The van der Waals surface area contributed by atoms with E-state index >= 15 is 0 Å². The molecule has 2 rings (SSSR count). The summed E-state index contributed by atoms with van der Waals surface area (Å²) in [4.78, 5) is 13.8. The molecule has 3 nitrogen and oxygen atoms in total. The number of amides is 1. The molecule has 2 heterocycles. The van der Waals surface area contributed by atoms with Gasteiger partial charge in [0.1, 0.15) is 0 Å². The number of ether oxygens (including phenoxy) is 1. The first-order valence-corrected chi connectivity index (χ1v) is 6.07. The van der Waals surface area contributed by atoms with Crippen LogP contribution in [0.2, 0.25) is 0 Å². The third-order valence-corrected chi connectivity index (χ3v) is 3.62. The number of fused-ring (bicyclic) bond motifs is 2. The monoisotopic (exact) mass is 221 g/mol. The second kappa shape index (κ2) is 4.78. The quantitative estimate of drug-likeness (QED) is 0.636. The molecular weight excluding hydrogens is 202 g/mol. The molecule has 0 spiro atoms. The standard InChI is InChI=1S/C13H19NO2/c1-3-4-7-16-13(15)14-11-5-6-12(14)9-10(2)8-11/h10-12H,5-9H2,1-2H3. The van der Waals surface area contributed by atoms with Gasteiger partial charge in [-0.05, 0) is 38.5 Å². The van der Waals surface area contributed by atoms with Crippen LogP contribution in [-0.2, 0) is 4.74 Å². The Morgan fingerprint density at radius 3 is 2.56 bits per heavy atom. The van der Waals surface area contributed by atoms with Gasteiger partial charge in [-0.1, -0.05) is 12.8 Å². The number of carbonyl (C=O) groups is 1. The topological polar surface area (TPSA) is 29.5 Å². The van der Waals surface area contributed by atoms with E-state index in [1.807, 2.05) is 4.90 Å². The van der Waals surface area contributed by atoms with E-state index in [0.717, 1.165) is 31.6 Å². The molecule has 0 saturated carbocycles. The zero-order chi connectivity index (χ0) is 11.5. The molecule has 2 atom stereocenters. The zero-order valence-electron chi connectivity index (χ0n) is 10.0. The van der Waals surface area contributed by atoms with E-state index in [0.29, 0.717) is 12.1 Å². The molecule has 2 saturated heterocycles. The van der Waals surface area contributed by atoms with Crippen molar-refractivity contribution in [3.8, 4) is 11.8 Å². The average molecular weight is 221 g/mol. The molecule has 88 valence electrons. The van der Waals surface area contributed by atoms with Gasteiger partial charge in [0.25, 0.3) is 0 Å². The Morgan fingerprint density at radius 2 is 2.00 bits per heavy atom. The third kappa shape index (κ3) is 2.16. The molecule has 0 radical (unpaired) electrons. The summed E-state index contributed by atoms with van der Waals surface area (Å²) in [6, 6.07) is 0.826. The fourth-order valence-electron chi connectivity index (χ4n) is 2.99. The van der Waals surface area contributed by atoms with Gasteiger partial charge >= 0.3 is 6.09 Å². The fourth-order valence-corrected chi connectivity index (χ4v) is 2.99. The minimum absolute atomic E-state index is 0.165. The second-order valence-electron chi connectivity index (χ2n) is 4.85. The Kier molecular flexibility index (Phi) is 3.38. The Balaban J connectivity index is 1.94. The van der Waals surface area contributed by atoms with Crippen LogP contribution in [0.15, 0.2) is 0 Å². The van der Waals surface area contributed by atoms with Crippen molar-refractivity contribution < 1.29 is 9.53 Å². The van der Waals surface area contributed by atoms with Gasteiger partial charge in [-0.15, -0.1) is 5.92 Å². The van der Waals surface area contributed by atoms with E-state index in [-0.39, 0.29) is 12.7 Å². The van der Waals surface area contributed by atoms with Crippen molar-refractivity contribution in [3.63, 3.8) is 0 Å². The van der Waals surface area contributed by atoms with Gasteiger partial charge < -0.3 is 9.64 Å².